The van der Waals surface area contributed by atoms with Crippen LogP contribution in [0.3, 0.4) is 0 Å². The molecule has 1 aromatic rings. The molecule has 0 saturated heterocycles. The standard InChI is InChI=1S/C14H23N3O2S/c1-17(2)20(18,19)12-6-7-13(15)14(10-12)16-9-8-11-4-3-5-11/h6-7,10-11,16H,3-5,8-9,15H2,1-2H3. The Labute approximate surface area is 121 Å². The van der Waals surface area contributed by atoms with Crippen LogP contribution in [0.5, 0.6) is 0 Å². The topological polar surface area (TPSA) is 75.4 Å². The molecule has 112 valence electrons. The summed E-state index contributed by atoms with van der Waals surface area (Å²) in [6.07, 6.45) is 5.08. The Morgan fingerprint density at radius 2 is 2.05 bits per heavy atom. The van der Waals surface area contributed by atoms with Crippen molar-refractivity contribution in [2.75, 3.05) is 31.7 Å². The summed E-state index contributed by atoms with van der Waals surface area (Å²) in [7, 11) is -0.367. The van der Waals surface area contributed by atoms with Crippen molar-refractivity contribution < 1.29 is 8.42 Å². The molecule has 1 aliphatic rings. The van der Waals surface area contributed by atoms with Crippen LogP contribution in [0.25, 0.3) is 0 Å². The normalized spacial score (nSPS) is 16.1. The van der Waals surface area contributed by atoms with Crippen LogP contribution in [0.4, 0.5) is 11.4 Å². The predicted molar refractivity (Wildman–Crippen MR) is 82.2 cm³/mol. The Kier molecular flexibility index (Phi) is 4.55. The lowest BCUT2D eigenvalue weighted by Crippen LogP contribution is -2.22. The molecule has 20 heavy (non-hydrogen) atoms. The zero-order chi connectivity index (χ0) is 14.8. The van der Waals surface area contributed by atoms with E-state index in [-0.39, 0.29) is 4.90 Å². The van der Waals surface area contributed by atoms with Gasteiger partial charge in [-0.1, -0.05) is 19.3 Å². The molecule has 1 aliphatic carbocycles. The molecule has 0 aliphatic heterocycles. The Balaban J connectivity index is 2.08. The van der Waals surface area contributed by atoms with Crippen LogP contribution in [0.2, 0.25) is 0 Å². The van der Waals surface area contributed by atoms with Gasteiger partial charge in [0.15, 0.2) is 0 Å². The molecular formula is C14H23N3O2S. The van der Waals surface area contributed by atoms with Crippen LogP contribution in [0, 0.1) is 5.92 Å². The zero-order valence-electron chi connectivity index (χ0n) is 12.1. The lowest BCUT2D eigenvalue weighted by Gasteiger charge is -2.25. The highest BCUT2D eigenvalue weighted by atomic mass is 32.2. The van der Waals surface area contributed by atoms with Crippen molar-refractivity contribution in [1.82, 2.24) is 4.31 Å². The number of nitrogen functional groups attached to an aromatic ring is 1. The van der Waals surface area contributed by atoms with E-state index in [1.54, 1.807) is 18.2 Å². The summed E-state index contributed by atoms with van der Waals surface area (Å²) in [6, 6.07) is 4.80. The van der Waals surface area contributed by atoms with Gasteiger partial charge in [-0.05, 0) is 30.5 Å². The van der Waals surface area contributed by atoms with Gasteiger partial charge in [-0.25, -0.2) is 12.7 Å². The second-order valence-electron chi connectivity index (χ2n) is 5.55. The Morgan fingerprint density at radius 3 is 2.60 bits per heavy atom. The third-order valence-corrected chi connectivity index (χ3v) is 5.71. The van der Waals surface area contributed by atoms with Gasteiger partial charge in [-0.3, -0.25) is 0 Å². The van der Waals surface area contributed by atoms with Gasteiger partial charge in [-0.2, -0.15) is 0 Å². The fraction of sp³-hybridized carbons (Fsp3) is 0.571. The summed E-state index contributed by atoms with van der Waals surface area (Å²) in [5.41, 5.74) is 7.18. The van der Waals surface area contributed by atoms with Gasteiger partial charge >= 0.3 is 0 Å². The molecule has 0 spiro atoms. The number of rotatable bonds is 6. The Hall–Kier alpha value is -1.27. The molecule has 5 nitrogen and oxygen atoms in total. The number of hydrogen-bond donors (Lipinski definition) is 2. The molecule has 0 atom stereocenters. The van der Waals surface area contributed by atoms with E-state index in [0.29, 0.717) is 11.4 Å². The first-order valence-corrected chi connectivity index (χ1v) is 8.41. The minimum absolute atomic E-state index is 0.267. The average Bonchev–Trinajstić information content (AvgIpc) is 2.33. The fourth-order valence-electron chi connectivity index (χ4n) is 2.25. The quantitative estimate of drug-likeness (QED) is 0.789. The maximum absolute atomic E-state index is 12.1. The van der Waals surface area contributed by atoms with Crippen molar-refractivity contribution in [3.05, 3.63) is 18.2 Å². The molecular weight excluding hydrogens is 274 g/mol. The second-order valence-corrected chi connectivity index (χ2v) is 7.70. The SMILES string of the molecule is CN(C)S(=O)(=O)c1ccc(N)c(NCCC2CCC2)c1. The summed E-state index contributed by atoms with van der Waals surface area (Å²) >= 11 is 0. The number of nitrogens with one attached hydrogen (secondary N) is 1. The molecule has 1 saturated carbocycles. The molecule has 0 aromatic heterocycles. The van der Waals surface area contributed by atoms with Gasteiger partial charge in [0.1, 0.15) is 0 Å². The average molecular weight is 297 g/mol. The van der Waals surface area contributed by atoms with Gasteiger partial charge in [0, 0.05) is 20.6 Å². The monoisotopic (exact) mass is 297 g/mol. The second kappa shape index (κ2) is 6.01. The minimum atomic E-state index is -3.41. The van der Waals surface area contributed by atoms with Crippen LogP contribution in [0.15, 0.2) is 23.1 Å². The molecule has 0 bridgehead atoms. The highest BCUT2D eigenvalue weighted by Crippen LogP contribution is 2.30. The van der Waals surface area contributed by atoms with Gasteiger partial charge < -0.3 is 11.1 Å². The van der Waals surface area contributed by atoms with Crippen LogP contribution in [-0.2, 0) is 10.0 Å². The smallest absolute Gasteiger partial charge is 0.242 e. The summed E-state index contributed by atoms with van der Waals surface area (Å²) in [5.74, 6) is 0.817. The molecule has 0 heterocycles. The van der Waals surface area contributed by atoms with E-state index in [1.807, 2.05) is 0 Å². The van der Waals surface area contributed by atoms with Gasteiger partial charge in [0.05, 0.1) is 16.3 Å². The number of nitrogens with zero attached hydrogens (tertiary/aromatic N) is 1. The van der Waals surface area contributed by atoms with E-state index < -0.39 is 10.0 Å². The molecule has 0 unspecified atom stereocenters. The van der Waals surface area contributed by atoms with Crippen molar-refractivity contribution in [3.63, 3.8) is 0 Å². The predicted octanol–water partition coefficient (Wildman–Crippen LogP) is 2.12. The van der Waals surface area contributed by atoms with E-state index in [0.717, 1.165) is 18.9 Å². The third kappa shape index (κ3) is 3.24. The number of nitrogens with two attached hydrogens (primary N) is 1. The van der Waals surface area contributed by atoms with E-state index in [2.05, 4.69) is 5.32 Å². The van der Waals surface area contributed by atoms with Gasteiger partial charge in [0.2, 0.25) is 10.0 Å². The molecule has 2 rings (SSSR count). The van der Waals surface area contributed by atoms with Gasteiger partial charge in [0.25, 0.3) is 0 Å². The van der Waals surface area contributed by atoms with Crippen molar-refractivity contribution in [1.29, 1.82) is 0 Å². The zero-order valence-corrected chi connectivity index (χ0v) is 12.9. The van der Waals surface area contributed by atoms with Crippen LogP contribution >= 0.6 is 0 Å². The van der Waals surface area contributed by atoms with E-state index in [1.165, 1.54) is 37.7 Å². The lowest BCUT2D eigenvalue weighted by atomic mass is 9.83. The van der Waals surface area contributed by atoms with Crippen LogP contribution in [-0.4, -0.2) is 33.4 Å². The highest BCUT2D eigenvalue weighted by molar-refractivity contribution is 7.89. The molecule has 3 N–H and O–H groups in total. The highest BCUT2D eigenvalue weighted by Gasteiger charge is 2.19. The summed E-state index contributed by atoms with van der Waals surface area (Å²) in [5, 5.41) is 3.26. The van der Waals surface area contributed by atoms with Crippen molar-refractivity contribution >= 4 is 21.4 Å². The third-order valence-electron chi connectivity index (χ3n) is 3.90. The van der Waals surface area contributed by atoms with Crippen LogP contribution < -0.4 is 11.1 Å². The molecule has 1 aromatic carbocycles. The van der Waals surface area contributed by atoms with Crippen LogP contribution in [0.1, 0.15) is 25.7 Å². The number of anilines is 2. The summed E-state index contributed by atoms with van der Waals surface area (Å²) in [6.45, 7) is 0.834. The van der Waals surface area contributed by atoms with Crippen molar-refractivity contribution in [3.8, 4) is 0 Å². The van der Waals surface area contributed by atoms with Gasteiger partial charge in [-0.15, -0.1) is 0 Å². The first kappa shape index (κ1) is 15.1. The Bertz CT molecular complexity index is 566. The fourth-order valence-corrected chi connectivity index (χ4v) is 3.18. The minimum Gasteiger partial charge on any atom is -0.397 e. The maximum atomic E-state index is 12.1. The molecule has 0 radical (unpaired) electrons. The molecule has 1 fully saturated rings. The number of sulfonamides is 1. The summed E-state index contributed by atoms with van der Waals surface area (Å²) in [4.78, 5) is 0.267. The largest absolute Gasteiger partial charge is 0.397 e. The number of benzene rings is 1. The summed E-state index contributed by atoms with van der Waals surface area (Å²) < 4.78 is 25.4. The van der Waals surface area contributed by atoms with E-state index in [4.69, 9.17) is 5.73 Å². The number of hydrogen-bond acceptors (Lipinski definition) is 4. The Morgan fingerprint density at radius 1 is 1.35 bits per heavy atom. The van der Waals surface area contributed by atoms with Crippen molar-refractivity contribution in [2.45, 2.75) is 30.6 Å². The van der Waals surface area contributed by atoms with E-state index >= 15 is 0 Å². The first-order valence-electron chi connectivity index (χ1n) is 6.97. The lowest BCUT2D eigenvalue weighted by molar-refractivity contribution is 0.303. The maximum Gasteiger partial charge on any atom is 0.242 e. The molecule has 0 amide bonds. The molecule has 6 heteroatoms. The van der Waals surface area contributed by atoms with Crippen molar-refractivity contribution in [2.24, 2.45) is 5.92 Å². The van der Waals surface area contributed by atoms with E-state index in [9.17, 15) is 8.42 Å². The first-order chi connectivity index (χ1) is 9.41.